The summed E-state index contributed by atoms with van der Waals surface area (Å²) in [4.78, 5) is 67.4. The van der Waals surface area contributed by atoms with Gasteiger partial charge in [0.25, 0.3) is 11.1 Å². The number of hydrogen-bond acceptors (Lipinski definition) is 14. The molecular weight excluding hydrogens is 1540 g/mol. The Balaban J connectivity index is 0.000000177. The minimum absolute atomic E-state index is 0.0622. The molecule has 4 N–H and O–H groups in total. The highest BCUT2D eigenvalue weighted by molar-refractivity contribution is 7.92. The van der Waals surface area contributed by atoms with Crippen molar-refractivity contribution >= 4 is 110 Å². The van der Waals surface area contributed by atoms with Gasteiger partial charge in [0, 0.05) is 74.4 Å². The largest absolute Gasteiger partial charge is 0.344 e. The summed E-state index contributed by atoms with van der Waals surface area (Å²) in [5.41, 5.74) is 3.16. The lowest BCUT2D eigenvalue weighted by Gasteiger charge is -2.24. The van der Waals surface area contributed by atoms with Crippen LogP contribution in [0.5, 0.6) is 0 Å². The number of carbonyl (C=O) groups is 2. The van der Waals surface area contributed by atoms with E-state index >= 15 is 0 Å². The van der Waals surface area contributed by atoms with Crippen LogP contribution in [0.2, 0.25) is 10.0 Å². The lowest BCUT2D eigenvalue weighted by molar-refractivity contribution is -0.123. The van der Waals surface area contributed by atoms with Crippen LogP contribution in [0.25, 0.3) is 77.2 Å². The molecule has 14 aromatic rings. The Labute approximate surface area is 643 Å². The Bertz CT molecular complexity index is 6130. The van der Waals surface area contributed by atoms with Crippen molar-refractivity contribution in [2.75, 3.05) is 22.0 Å². The van der Waals surface area contributed by atoms with Gasteiger partial charge in [0.15, 0.2) is 11.6 Å². The number of nitrogens with one attached hydrogen (secondary N) is 4. The average Bonchev–Trinajstić information content (AvgIpc) is 1.14. The van der Waals surface area contributed by atoms with E-state index in [0.717, 1.165) is 86.0 Å². The van der Waals surface area contributed by atoms with Gasteiger partial charge >= 0.3 is 0 Å². The van der Waals surface area contributed by atoms with Crippen LogP contribution in [0.1, 0.15) is 83.8 Å². The second-order valence-electron chi connectivity index (χ2n) is 27.5. The van der Waals surface area contributed by atoms with E-state index in [9.17, 15) is 62.4 Å². The summed E-state index contributed by atoms with van der Waals surface area (Å²) in [5, 5.41) is 24.4. The summed E-state index contributed by atoms with van der Waals surface area (Å²) >= 11 is 13.3. The molecule has 112 heavy (non-hydrogen) atoms. The maximum Gasteiger partial charge on any atom is 0.266 e. The molecule has 572 valence electrons. The van der Waals surface area contributed by atoms with Crippen molar-refractivity contribution in [1.82, 2.24) is 68.9 Å². The Hall–Kier alpha value is -12.0. The third-order valence-electron chi connectivity index (χ3n) is 19.0. The molecule has 24 nitrogen and oxygen atoms in total. The highest BCUT2D eigenvalue weighted by atomic mass is 35.5. The molecule has 16 rings (SSSR count). The highest BCUT2D eigenvalue weighted by Gasteiger charge is 2.33. The van der Waals surface area contributed by atoms with E-state index in [1.54, 1.807) is 73.1 Å². The van der Waals surface area contributed by atoms with E-state index in [-0.39, 0.29) is 137 Å². The van der Waals surface area contributed by atoms with Crippen molar-refractivity contribution in [1.29, 1.82) is 0 Å². The molecule has 6 aromatic heterocycles. The van der Waals surface area contributed by atoms with Crippen molar-refractivity contribution in [3.05, 3.63) is 270 Å². The fourth-order valence-electron chi connectivity index (χ4n) is 13.9. The van der Waals surface area contributed by atoms with Gasteiger partial charge in [-0.1, -0.05) is 71.7 Å². The quantitative estimate of drug-likeness (QED) is 0.0459. The summed E-state index contributed by atoms with van der Waals surface area (Å²) < 4.78 is 151. The Morgan fingerprint density at radius 2 is 0.866 bits per heavy atom. The molecule has 0 spiro atoms. The number of aromatic nitrogens is 12. The number of sulfonamides is 2. The van der Waals surface area contributed by atoms with Crippen LogP contribution in [0.4, 0.5) is 38.0 Å². The maximum atomic E-state index is 15.0. The molecule has 6 heterocycles. The van der Waals surface area contributed by atoms with Crippen molar-refractivity contribution in [2.45, 2.75) is 75.5 Å². The Morgan fingerprint density at radius 1 is 0.491 bits per heavy atom. The number of benzene rings is 8. The van der Waals surface area contributed by atoms with Crippen molar-refractivity contribution in [2.24, 2.45) is 14.1 Å². The monoisotopic (exact) mass is 1600 g/mol. The number of halogens is 8. The molecule has 2 saturated carbocycles. The van der Waals surface area contributed by atoms with Crippen LogP contribution in [0.15, 0.2) is 180 Å². The van der Waals surface area contributed by atoms with E-state index in [2.05, 4.69) is 40.5 Å². The van der Waals surface area contributed by atoms with Gasteiger partial charge < -0.3 is 10.6 Å². The van der Waals surface area contributed by atoms with Crippen LogP contribution in [-0.2, 0) is 69.7 Å². The summed E-state index contributed by atoms with van der Waals surface area (Å²) in [6, 6.07) is 34.6. The second-order valence-corrected chi connectivity index (χ2v) is 31.9. The zero-order chi connectivity index (χ0) is 78.9. The van der Waals surface area contributed by atoms with Gasteiger partial charge in [-0.3, -0.25) is 56.5 Å². The molecule has 2 aliphatic rings. The number of aryl methyl sites for hydroxylation is 2. The molecule has 0 bridgehead atoms. The summed E-state index contributed by atoms with van der Waals surface area (Å²) in [6.45, 7) is -0.438. The first kappa shape index (κ1) is 75.4. The van der Waals surface area contributed by atoms with E-state index in [1.165, 1.54) is 90.5 Å². The van der Waals surface area contributed by atoms with Crippen molar-refractivity contribution < 1.29 is 52.8 Å². The third kappa shape index (κ3) is 16.0. The summed E-state index contributed by atoms with van der Waals surface area (Å²) in [6.07, 6.45) is 8.87. The number of hydrogen-bond donors (Lipinski definition) is 4. The van der Waals surface area contributed by atoms with Gasteiger partial charge in [-0.2, -0.15) is 20.4 Å². The molecule has 0 aliphatic heterocycles. The average molecular weight is 1600 g/mol. The summed E-state index contributed by atoms with van der Waals surface area (Å²) in [7, 11) is -4.59. The molecule has 2 aliphatic carbocycles. The van der Waals surface area contributed by atoms with E-state index < -0.39 is 90.0 Å². The standard InChI is InChI=1S/2C39H32ClF3N8O4S/c2*1-49-36-33(12-11-28(40)35(36)37(47-49)48-56(2,54)55)51-38(45-31-18-23(9-10-27(31)39(51)53)26-5-3-4-6-29(26)43)32(17-21-15-24(41)19-25(42)16-21)44-34(52)20-50-14-13-30(46-50)22-7-8-22/h2*3-6,9-16,18-19,22,32H,7-8,17,20H2,1-2H3,(H,44,52)(H,47,48)/t2*32-/m00/s1. The smallest absolute Gasteiger partial charge is 0.266 e. The van der Waals surface area contributed by atoms with Crippen LogP contribution < -0.4 is 31.2 Å². The predicted octanol–water partition coefficient (Wildman–Crippen LogP) is 13.1. The van der Waals surface area contributed by atoms with Gasteiger partial charge in [-0.05, 0) is 145 Å². The zero-order valence-electron chi connectivity index (χ0n) is 59.6. The molecule has 0 radical (unpaired) electrons. The summed E-state index contributed by atoms with van der Waals surface area (Å²) in [5.74, 6) is -5.13. The fourth-order valence-corrected chi connectivity index (χ4v) is 15.4. The number of fused-ring (bicyclic) bond motifs is 4. The topological polar surface area (TPSA) is 292 Å². The molecule has 2 amide bonds. The minimum Gasteiger partial charge on any atom is -0.344 e. The molecule has 0 unspecified atom stereocenters. The van der Waals surface area contributed by atoms with Crippen molar-refractivity contribution in [3.8, 4) is 33.6 Å². The van der Waals surface area contributed by atoms with Gasteiger partial charge in [0.2, 0.25) is 31.9 Å². The van der Waals surface area contributed by atoms with Gasteiger partial charge in [0.1, 0.15) is 59.6 Å². The Kier molecular flexibility index (Phi) is 20.2. The van der Waals surface area contributed by atoms with E-state index in [4.69, 9.17) is 33.2 Å². The number of amides is 2. The normalized spacial score (nSPS) is 13.7. The minimum atomic E-state index is -3.83. The van der Waals surface area contributed by atoms with Crippen LogP contribution in [0.3, 0.4) is 0 Å². The number of carbonyl (C=O) groups excluding carboxylic acids is 2. The Morgan fingerprint density at radius 3 is 1.22 bits per heavy atom. The van der Waals surface area contributed by atoms with Gasteiger partial charge in [0.05, 0.1) is 101 Å². The number of anilines is 2. The molecule has 2 atom stereocenters. The van der Waals surface area contributed by atoms with E-state index in [0.29, 0.717) is 23.0 Å². The second kappa shape index (κ2) is 30.0. The molecule has 34 heteroatoms. The maximum absolute atomic E-state index is 15.0. The number of rotatable bonds is 22. The first-order chi connectivity index (χ1) is 53.4. The number of nitrogens with zero attached hydrogens (tertiary/aromatic N) is 12. The lowest BCUT2D eigenvalue weighted by atomic mass is 10.0. The van der Waals surface area contributed by atoms with Crippen LogP contribution in [-0.4, -0.2) is 99.4 Å². The van der Waals surface area contributed by atoms with Crippen LogP contribution >= 0.6 is 23.2 Å². The van der Waals surface area contributed by atoms with E-state index in [1.807, 2.05) is 12.1 Å². The molecular formula is C78H64Cl2F6N16O8S2. The predicted molar refractivity (Wildman–Crippen MR) is 411 cm³/mol. The SMILES string of the molecule is Cn1nc(NS(C)(=O)=O)c2c(Cl)ccc(-n3c([C@H](Cc4cc(F)cc(F)c4)NC(=O)Cn4ccc(C5CC5)n4)nc4cc(-c5ccccc5F)ccc4c3=O)c21.Cn1nc(NS(C)(=O)=O)c2c(Cl)ccc(-n3c([C@H](Cc4cc(F)cc(F)c4)NC(=O)Cn4ccc(C5CC5)n4)nc4cc(-c5ccccc5F)ccc4c3=O)c21. The van der Waals surface area contributed by atoms with Gasteiger partial charge in [-0.15, -0.1) is 0 Å². The lowest BCUT2D eigenvalue weighted by Crippen LogP contribution is -2.37. The molecule has 2 fully saturated rings. The fraction of sp³-hybridized carbons (Fsp3) is 0.205. The third-order valence-corrected chi connectivity index (χ3v) is 20.7. The molecule has 8 aromatic carbocycles. The highest BCUT2D eigenvalue weighted by Crippen LogP contribution is 2.42. The first-order valence-corrected chi connectivity index (χ1v) is 39.4. The van der Waals surface area contributed by atoms with Crippen LogP contribution in [0, 0.1) is 34.9 Å². The first-order valence-electron chi connectivity index (χ1n) is 34.9. The van der Waals surface area contributed by atoms with Gasteiger partial charge in [-0.25, -0.2) is 53.1 Å². The zero-order valence-corrected chi connectivity index (χ0v) is 62.7. The van der Waals surface area contributed by atoms with Crippen molar-refractivity contribution in [3.63, 3.8) is 0 Å². The molecule has 0 saturated heterocycles.